The fourth-order valence-electron chi connectivity index (χ4n) is 2.97. The smallest absolute Gasteiger partial charge is 0.223 e. The molecular weight excluding hydrogens is 176 g/mol. The van der Waals surface area contributed by atoms with E-state index >= 15 is 0 Å². The van der Waals surface area contributed by atoms with Crippen LogP contribution in [0.25, 0.3) is 0 Å². The van der Waals surface area contributed by atoms with Gasteiger partial charge < -0.3 is 11.1 Å². The zero-order valence-corrected chi connectivity index (χ0v) is 8.83. The lowest BCUT2D eigenvalue weighted by atomic mass is 9.88. The number of rotatable bonds is 3. The van der Waals surface area contributed by atoms with Crippen LogP contribution in [-0.2, 0) is 4.79 Å². The van der Waals surface area contributed by atoms with Gasteiger partial charge in [0.25, 0.3) is 0 Å². The fraction of sp³-hybridized carbons (Fsp3) is 0.909. The Hall–Kier alpha value is -0.570. The average molecular weight is 196 g/mol. The topological polar surface area (TPSA) is 55.1 Å². The van der Waals surface area contributed by atoms with E-state index in [-0.39, 0.29) is 11.9 Å². The van der Waals surface area contributed by atoms with Crippen molar-refractivity contribution >= 4 is 5.91 Å². The van der Waals surface area contributed by atoms with Crippen LogP contribution >= 0.6 is 0 Å². The van der Waals surface area contributed by atoms with Gasteiger partial charge in [-0.25, -0.2) is 0 Å². The van der Waals surface area contributed by atoms with E-state index in [1.807, 2.05) is 6.92 Å². The molecule has 0 spiro atoms. The van der Waals surface area contributed by atoms with Crippen molar-refractivity contribution < 1.29 is 4.79 Å². The van der Waals surface area contributed by atoms with E-state index in [9.17, 15) is 4.79 Å². The van der Waals surface area contributed by atoms with Crippen LogP contribution in [0.2, 0.25) is 0 Å². The van der Waals surface area contributed by atoms with Crippen molar-refractivity contribution in [1.29, 1.82) is 0 Å². The average Bonchev–Trinajstić information content (AvgIpc) is 2.78. The van der Waals surface area contributed by atoms with E-state index in [1.54, 1.807) is 0 Å². The molecule has 0 saturated heterocycles. The molecule has 2 aliphatic rings. The van der Waals surface area contributed by atoms with Gasteiger partial charge >= 0.3 is 0 Å². The molecule has 3 heteroatoms. The second-order valence-electron chi connectivity index (χ2n) is 4.93. The molecule has 2 saturated carbocycles. The Balaban J connectivity index is 1.87. The molecule has 3 nitrogen and oxygen atoms in total. The van der Waals surface area contributed by atoms with Gasteiger partial charge in [-0.15, -0.1) is 0 Å². The summed E-state index contributed by atoms with van der Waals surface area (Å²) in [6, 6.07) is 0.127. The van der Waals surface area contributed by atoms with Crippen molar-refractivity contribution in [2.75, 3.05) is 6.54 Å². The lowest BCUT2D eigenvalue weighted by Gasteiger charge is -2.22. The Morgan fingerprint density at radius 3 is 2.79 bits per heavy atom. The van der Waals surface area contributed by atoms with Crippen molar-refractivity contribution in [3.8, 4) is 0 Å². The number of fused-ring (bicyclic) bond motifs is 2. The standard InChI is InChI=1S/C11H20N2O/c1-7(6-12)13-11(14)10-5-8-2-3-9(10)4-8/h7-10H,2-6,12H2,1H3,(H,13,14). The minimum absolute atomic E-state index is 0.127. The molecular formula is C11H20N2O. The third-order valence-corrected chi connectivity index (χ3v) is 3.82. The first kappa shape index (κ1) is 9.97. The molecule has 0 radical (unpaired) electrons. The van der Waals surface area contributed by atoms with Gasteiger partial charge in [0.15, 0.2) is 0 Å². The molecule has 2 aliphatic carbocycles. The third kappa shape index (κ3) is 1.78. The van der Waals surface area contributed by atoms with Gasteiger partial charge in [0.2, 0.25) is 5.91 Å². The molecule has 4 atom stereocenters. The maximum atomic E-state index is 11.8. The molecule has 2 bridgehead atoms. The summed E-state index contributed by atoms with van der Waals surface area (Å²) in [7, 11) is 0. The summed E-state index contributed by atoms with van der Waals surface area (Å²) in [6.45, 7) is 2.50. The summed E-state index contributed by atoms with van der Waals surface area (Å²) in [5.41, 5.74) is 5.48. The highest BCUT2D eigenvalue weighted by Crippen LogP contribution is 2.48. The largest absolute Gasteiger partial charge is 0.352 e. The second kappa shape index (κ2) is 3.89. The van der Waals surface area contributed by atoms with E-state index < -0.39 is 0 Å². The van der Waals surface area contributed by atoms with Gasteiger partial charge in [0.1, 0.15) is 0 Å². The third-order valence-electron chi connectivity index (χ3n) is 3.82. The van der Waals surface area contributed by atoms with Gasteiger partial charge in [-0.3, -0.25) is 4.79 Å². The molecule has 0 aliphatic heterocycles. The Morgan fingerprint density at radius 1 is 1.50 bits per heavy atom. The highest BCUT2D eigenvalue weighted by Gasteiger charge is 2.43. The molecule has 3 N–H and O–H groups in total. The van der Waals surface area contributed by atoms with Crippen LogP contribution in [0, 0.1) is 17.8 Å². The molecule has 0 heterocycles. The summed E-state index contributed by atoms with van der Waals surface area (Å²) in [5.74, 6) is 2.05. The quantitative estimate of drug-likeness (QED) is 0.704. The van der Waals surface area contributed by atoms with Crippen LogP contribution in [0.15, 0.2) is 0 Å². The minimum atomic E-state index is 0.127. The van der Waals surface area contributed by atoms with Gasteiger partial charge in [-0.05, 0) is 38.0 Å². The number of hydrogen-bond acceptors (Lipinski definition) is 2. The molecule has 0 aromatic rings. The molecule has 0 aromatic carbocycles. The van der Waals surface area contributed by atoms with Crippen LogP contribution in [-0.4, -0.2) is 18.5 Å². The van der Waals surface area contributed by atoms with Crippen molar-refractivity contribution in [1.82, 2.24) is 5.32 Å². The van der Waals surface area contributed by atoms with Crippen LogP contribution in [0.4, 0.5) is 0 Å². The Bertz CT molecular complexity index is 229. The van der Waals surface area contributed by atoms with Crippen LogP contribution < -0.4 is 11.1 Å². The fourth-order valence-corrected chi connectivity index (χ4v) is 2.97. The van der Waals surface area contributed by atoms with E-state index in [2.05, 4.69) is 5.32 Å². The SMILES string of the molecule is CC(CN)NC(=O)C1CC2CCC1C2. The molecule has 4 unspecified atom stereocenters. The number of carbonyl (C=O) groups excluding carboxylic acids is 1. The van der Waals surface area contributed by atoms with Crippen LogP contribution in [0.3, 0.4) is 0 Å². The minimum Gasteiger partial charge on any atom is -0.352 e. The van der Waals surface area contributed by atoms with Crippen molar-refractivity contribution in [3.05, 3.63) is 0 Å². The number of nitrogens with one attached hydrogen (secondary N) is 1. The molecule has 2 rings (SSSR count). The summed E-state index contributed by atoms with van der Waals surface area (Å²) < 4.78 is 0. The van der Waals surface area contributed by atoms with Crippen LogP contribution in [0.1, 0.15) is 32.6 Å². The van der Waals surface area contributed by atoms with Crippen molar-refractivity contribution in [2.24, 2.45) is 23.5 Å². The van der Waals surface area contributed by atoms with Crippen LogP contribution in [0.5, 0.6) is 0 Å². The summed E-state index contributed by atoms with van der Waals surface area (Å²) in [5, 5.41) is 2.99. The first-order valence-electron chi connectivity index (χ1n) is 5.71. The highest BCUT2D eigenvalue weighted by atomic mass is 16.2. The molecule has 0 aromatic heterocycles. The van der Waals surface area contributed by atoms with Gasteiger partial charge in [0, 0.05) is 18.5 Å². The normalized spacial score (nSPS) is 37.1. The summed E-state index contributed by atoms with van der Waals surface area (Å²) >= 11 is 0. The van der Waals surface area contributed by atoms with E-state index in [1.165, 1.54) is 19.3 Å². The number of nitrogens with two attached hydrogens (primary N) is 1. The van der Waals surface area contributed by atoms with Gasteiger partial charge in [-0.2, -0.15) is 0 Å². The Labute approximate surface area is 85.4 Å². The summed E-state index contributed by atoms with van der Waals surface area (Å²) in [4.78, 5) is 11.8. The zero-order chi connectivity index (χ0) is 10.1. The lowest BCUT2D eigenvalue weighted by Crippen LogP contribution is -2.42. The van der Waals surface area contributed by atoms with Gasteiger partial charge in [-0.1, -0.05) is 6.42 Å². The molecule has 80 valence electrons. The lowest BCUT2D eigenvalue weighted by molar-refractivity contribution is -0.127. The number of hydrogen-bond donors (Lipinski definition) is 2. The van der Waals surface area contributed by atoms with Gasteiger partial charge in [0.05, 0.1) is 0 Å². The highest BCUT2D eigenvalue weighted by molar-refractivity contribution is 5.79. The maximum Gasteiger partial charge on any atom is 0.223 e. The first-order valence-corrected chi connectivity index (χ1v) is 5.71. The van der Waals surface area contributed by atoms with Crippen molar-refractivity contribution in [3.63, 3.8) is 0 Å². The Morgan fingerprint density at radius 2 is 2.29 bits per heavy atom. The predicted octanol–water partition coefficient (Wildman–Crippen LogP) is 0.886. The van der Waals surface area contributed by atoms with E-state index in [4.69, 9.17) is 5.73 Å². The maximum absolute atomic E-state index is 11.8. The first-order chi connectivity index (χ1) is 6.70. The molecule has 2 fully saturated rings. The Kier molecular flexibility index (Phi) is 2.77. The predicted molar refractivity (Wildman–Crippen MR) is 55.6 cm³/mol. The monoisotopic (exact) mass is 196 g/mol. The second-order valence-corrected chi connectivity index (χ2v) is 4.93. The number of amides is 1. The van der Waals surface area contributed by atoms with Crippen molar-refractivity contribution in [2.45, 2.75) is 38.6 Å². The number of carbonyl (C=O) groups is 1. The molecule has 1 amide bonds. The molecule has 14 heavy (non-hydrogen) atoms. The van der Waals surface area contributed by atoms with E-state index in [0.717, 1.165) is 12.3 Å². The zero-order valence-electron chi connectivity index (χ0n) is 8.83. The van der Waals surface area contributed by atoms with E-state index in [0.29, 0.717) is 18.4 Å². The summed E-state index contributed by atoms with van der Waals surface area (Å²) in [6.07, 6.45) is 5.02.